The summed E-state index contributed by atoms with van der Waals surface area (Å²) in [6, 6.07) is 0.309. The molecule has 0 unspecified atom stereocenters. The van der Waals surface area contributed by atoms with Crippen LogP contribution in [0.3, 0.4) is 0 Å². The summed E-state index contributed by atoms with van der Waals surface area (Å²) < 4.78 is 7.33. The summed E-state index contributed by atoms with van der Waals surface area (Å²) in [5.41, 5.74) is 0. The molecular formula is C12H18N6O. The largest absolute Gasteiger partial charge is 0.461 e. The second-order valence-electron chi connectivity index (χ2n) is 4.28. The maximum Gasteiger partial charge on any atom is 0.323 e. The van der Waals surface area contributed by atoms with E-state index >= 15 is 0 Å². The van der Waals surface area contributed by atoms with Crippen molar-refractivity contribution in [3.05, 3.63) is 18.2 Å². The topological polar surface area (TPSA) is 77.8 Å². The molecule has 0 saturated carbocycles. The molecule has 0 radical (unpaired) electrons. The summed E-state index contributed by atoms with van der Waals surface area (Å²) in [6.07, 6.45) is 3.52. The Morgan fingerprint density at radius 2 is 2.11 bits per heavy atom. The fourth-order valence-corrected chi connectivity index (χ4v) is 1.54. The number of ether oxygens (including phenoxy) is 1. The summed E-state index contributed by atoms with van der Waals surface area (Å²) in [7, 11) is 0. The molecule has 0 aliphatic heterocycles. The first-order chi connectivity index (χ1) is 9.10. The Morgan fingerprint density at radius 3 is 2.68 bits per heavy atom. The zero-order chi connectivity index (χ0) is 13.8. The van der Waals surface area contributed by atoms with E-state index < -0.39 is 0 Å². The van der Waals surface area contributed by atoms with Crippen LogP contribution in [0.15, 0.2) is 12.4 Å². The number of hydrogen-bond acceptors (Lipinski definition) is 6. The molecule has 7 nitrogen and oxygen atoms in total. The zero-order valence-corrected chi connectivity index (χ0v) is 11.6. The number of aryl methyl sites for hydroxylation is 1. The van der Waals surface area contributed by atoms with Gasteiger partial charge >= 0.3 is 6.01 Å². The van der Waals surface area contributed by atoms with Gasteiger partial charge in [-0.05, 0) is 27.7 Å². The quantitative estimate of drug-likeness (QED) is 0.881. The molecule has 2 rings (SSSR count). The molecular weight excluding hydrogens is 244 g/mol. The molecule has 0 amide bonds. The summed E-state index contributed by atoms with van der Waals surface area (Å²) in [6.45, 7) is 8.46. The monoisotopic (exact) mass is 262 g/mol. The number of aromatic nitrogens is 5. The molecule has 0 aromatic carbocycles. The van der Waals surface area contributed by atoms with Gasteiger partial charge in [0, 0.05) is 18.9 Å². The SMILES string of the molecule is CCNc1nc(OC(C)C)nc(-n2ccnc2C)n1. The Labute approximate surface area is 112 Å². The van der Waals surface area contributed by atoms with E-state index in [2.05, 4.69) is 25.3 Å². The van der Waals surface area contributed by atoms with Gasteiger partial charge in [0.2, 0.25) is 11.9 Å². The molecule has 0 saturated heterocycles. The van der Waals surface area contributed by atoms with Crippen LogP contribution in [-0.2, 0) is 0 Å². The van der Waals surface area contributed by atoms with Crippen LogP contribution in [0.5, 0.6) is 6.01 Å². The van der Waals surface area contributed by atoms with Gasteiger partial charge in [-0.25, -0.2) is 4.98 Å². The van der Waals surface area contributed by atoms with Gasteiger partial charge in [0.05, 0.1) is 6.10 Å². The Balaban J connectivity index is 2.42. The molecule has 102 valence electrons. The zero-order valence-electron chi connectivity index (χ0n) is 11.6. The summed E-state index contributed by atoms with van der Waals surface area (Å²) in [5, 5.41) is 3.07. The maximum absolute atomic E-state index is 5.54. The van der Waals surface area contributed by atoms with Gasteiger partial charge in [0.25, 0.3) is 0 Å². The summed E-state index contributed by atoms with van der Waals surface area (Å²) >= 11 is 0. The lowest BCUT2D eigenvalue weighted by molar-refractivity contribution is 0.221. The Hall–Kier alpha value is -2.18. The number of nitrogens with zero attached hydrogens (tertiary/aromatic N) is 5. The highest BCUT2D eigenvalue weighted by Gasteiger charge is 2.11. The molecule has 0 bridgehead atoms. The van der Waals surface area contributed by atoms with Crippen molar-refractivity contribution >= 4 is 5.95 Å². The van der Waals surface area contributed by atoms with Crippen molar-refractivity contribution in [1.82, 2.24) is 24.5 Å². The third-order valence-electron chi connectivity index (χ3n) is 2.32. The lowest BCUT2D eigenvalue weighted by atomic mass is 10.5. The van der Waals surface area contributed by atoms with Crippen molar-refractivity contribution in [2.24, 2.45) is 0 Å². The minimum atomic E-state index is 0.00797. The van der Waals surface area contributed by atoms with E-state index in [-0.39, 0.29) is 6.10 Å². The van der Waals surface area contributed by atoms with E-state index in [0.717, 1.165) is 12.4 Å². The van der Waals surface area contributed by atoms with Gasteiger partial charge in [0.15, 0.2) is 0 Å². The fraction of sp³-hybridized carbons (Fsp3) is 0.500. The minimum Gasteiger partial charge on any atom is -0.461 e. The Kier molecular flexibility index (Phi) is 3.94. The average molecular weight is 262 g/mol. The lowest BCUT2D eigenvalue weighted by Gasteiger charge is -2.11. The number of nitrogens with one attached hydrogen (secondary N) is 1. The summed E-state index contributed by atoms with van der Waals surface area (Å²) in [4.78, 5) is 17.0. The van der Waals surface area contributed by atoms with Crippen LogP contribution in [0.4, 0.5) is 5.95 Å². The van der Waals surface area contributed by atoms with Crippen molar-refractivity contribution in [3.8, 4) is 12.0 Å². The summed E-state index contributed by atoms with van der Waals surface area (Å²) in [5.74, 6) is 1.80. The standard InChI is InChI=1S/C12H18N6O/c1-5-13-10-15-11(18-7-6-14-9(18)4)17-12(16-10)19-8(2)3/h6-8H,5H2,1-4H3,(H,13,15,16,17). The van der Waals surface area contributed by atoms with Gasteiger partial charge in [0.1, 0.15) is 5.82 Å². The van der Waals surface area contributed by atoms with E-state index in [1.54, 1.807) is 17.0 Å². The van der Waals surface area contributed by atoms with Crippen LogP contribution >= 0.6 is 0 Å². The van der Waals surface area contributed by atoms with Crippen LogP contribution in [-0.4, -0.2) is 37.2 Å². The Bertz CT molecular complexity index is 551. The van der Waals surface area contributed by atoms with Crippen LogP contribution in [0.1, 0.15) is 26.6 Å². The van der Waals surface area contributed by atoms with Crippen molar-refractivity contribution < 1.29 is 4.74 Å². The van der Waals surface area contributed by atoms with E-state index in [1.807, 2.05) is 27.7 Å². The van der Waals surface area contributed by atoms with Crippen molar-refractivity contribution in [2.45, 2.75) is 33.8 Å². The molecule has 2 aromatic heterocycles. The van der Waals surface area contributed by atoms with E-state index in [1.165, 1.54) is 0 Å². The molecule has 2 aromatic rings. The molecule has 19 heavy (non-hydrogen) atoms. The molecule has 7 heteroatoms. The maximum atomic E-state index is 5.54. The highest BCUT2D eigenvalue weighted by atomic mass is 16.5. The van der Waals surface area contributed by atoms with E-state index in [4.69, 9.17) is 4.74 Å². The molecule has 0 spiro atoms. The van der Waals surface area contributed by atoms with Crippen molar-refractivity contribution in [1.29, 1.82) is 0 Å². The first kappa shape index (κ1) is 13.3. The third kappa shape index (κ3) is 3.18. The smallest absolute Gasteiger partial charge is 0.323 e. The van der Waals surface area contributed by atoms with Crippen LogP contribution in [0, 0.1) is 6.92 Å². The number of anilines is 1. The highest BCUT2D eigenvalue weighted by Crippen LogP contribution is 2.13. The number of rotatable bonds is 5. The molecule has 1 N–H and O–H groups in total. The first-order valence-corrected chi connectivity index (χ1v) is 6.27. The second-order valence-corrected chi connectivity index (χ2v) is 4.28. The van der Waals surface area contributed by atoms with Crippen LogP contribution in [0.25, 0.3) is 5.95 Å². The van der Waals surface area contributed by atoms with Gasteiger partial charge in [-0.2, -0.15) is 15.0 Å². The van der Waals surface area contributed by atoms with E-state index in [9.17, 15) is 0 Å². The molecule has 0 atom stereocenters. The Morgan fingerprint density at radius 1 is 1.32 bits per heavy atom. The second kappa shape index (κ2) is 5.64. The predicted molar refractivity (Wildman–Crippen MR) is 71.6 cm³/mol. The molecule has 0 aliphatic carbocycles. The minimum absolute atomic E-state index is 0.00797. The van der Waals surface area contributed by atoms with Crippen molar-refractivity contribution in [3.63, 3.8) is 0 Å². The fourth-order valence-electron chi connectivity index (χ4n) is 1.54. The number of hydrogen-bond donors (Lipinski definition) is 1. The molecule has 0 fully saturated rings. The first-order valence-electron chi connectivity index (χ1n) is 6.27. The lowest BCUT2D eigenvalue weighted by Crippen LogP contribution is -2.14. The third-order valence-corrected chi connectivity index (χ3v) is 2.32. The van der Waals surface area contributed by atoms with Crippen LogP contribution < -0.4 is 10.1 Å². The van der Waals surface area contributed by atoms with Gasteiger partial charge in [-0.15, -0.1) is 0 Å². The normalized spacial score (nSPS) is 10.8. The average Bonchev–Trinajstić information content (AvgIpc) is 2.74. The van der Waals surface area contributed by atoms with Crippen LogP contribution in [0.2, 0.25) is 0 Å². The van der Waals surface area contributed by atoms with Gasteiger partial charge < -0.3 is 10.1 Å². The number of imidazole rings is 1. The van der Waals surface area contributed by atoms with Gasteiger partial charge in [-0.1, -0.05) is 0 Å². The predicted octanol–water partition coefficient (Wildman–Crippen LogP) is 1.58. The molecule has 0 aliphatic rings. The van der Waals surface area contributed by atoms with Crippen molar-refractivity contribution in [2.75, 3.05) is 11.9 Å². The molecule has 2 heterocycles. The van der Waals surface area contributed by atoms with Gasteiger partial charge in [-0.3, -0.25) is 4.57 Å². The highest BCUT2D eigenvalue weighted by molar-refractivity contribution is 5.30. The van der Waals surface area contributed by atoms with E-state index in [0.29, 0.717) is 17.9 Å².